The summed E-state index contributed by atoms with van der Waals surface area (Å²) in [5.41, 5.74) is -0.785. The number of piperazine rings is 1. The van der Waals surface area contributed by atoms with Crippen molar-refractivity contribution in [1.29, 1.82) is 0 Å². The lowest BCUT2D eigenvalue weighted by Crippen LogP contribution is -2.68. The summed E-state index contributed by atoms with van der Waals surface area (Å²) in [5.74, 6) is -0.00879. The van der Waals surface area contributed by atoms with Crippen LogP contribution in [0.4, 0.5) is 0 Å². The van der Waals surface area contributed by atoms with Gasteiger partial charge in [0.1, 0.15) is 11.6 Å². The minimum Gasteiger partial charge on any atom is -0.378 e. The van der Waals surface area contributed by atoms with Gasteiger partial charge in [-0.25, -0.2) is 0 Å². The Morgan fingerprint density at radius 3 is 2.75 bits per heavy atom. The first-order valence-corrected chi connectivity index (χ1v) is 7.70. The number of carbonyl (C=O) groups is 2. The van der Waals surface area contributed by atoms with Crippen molar-refractivity contribution in [3.8, 4) is 0 Å². The topological polar surface area (TPSA) is 58.6 Å². The van der Waals surface area contributed by atoms with Crippen molar-refractivity contribution in [3.05, 3.63) is 0 Å². The number of carbonyl (C=O) groups excluding carboxylic acids is 2. The number of nitrogens with zero attached hydrogens (tertiary/aromatic N) is 1. The normalized spacial score (nSPS) is 29.6. The Labute approximate surface area is 121 Å². The largest absolute Gasteiger partial charge is 0.378 e. The van der Waals surface area contributed by atoms with Gasteiger partial charge in [-0.05, 0) is 46.0 Å². The van der Waals surface area contributed by atoms with E-state index in [2.05, 4.69) is 5.32 Å². The second kappa shape index (κ2) is 6.12. The van der Waals surface area contributed by atoms with Crippen molar-refractivity contribution >= 4 is 11.8 Å². The molecule has 0 radical (unpaired) electrons. The number of hydrogen-bond acceptors (Lipinski definition) is 3. The van der Waals surface area contributed by atoms with E-state index in [4.69, 9.17) is 4.74 Å². The number of ether oxygens (including phenoxy) is 1. The quantitative estimate of drug-likeness (QED) is 0.830. The van der Waals surface area contributed by atoms with Crippen LogP contribution in [0.25, 0.3) is 0 Å². The number of amides is 2. The highest BCUT2D eigenvalue weighted by Crippen LogP contribution is 2.22. The van der Waals surface area contributed by atoms with Crippen LogP contribution in [-0.2, 0) is 14.3 Å². The molecule has 2 rings (SSSR count). The summed E-state index contributed by atoms with van der Waals surface area (Å²) >= 11 is 0. The zero-order chi connectivity index (χ0) is 14.8. The second-order valence-electron chi connectivity index (χ2n) is 6.31. The number of rotatable bonds is 5. The molecule has 2 fully saturated rings. The van der Waals surface area contributed by atoms with Gasteiger partial charge in [0.25, 0.3) is 0 Å². The molecule has 2 heterocycles. The van der Waals surface area contributed by atoms with E-state index in [1.54, 1.807) is 18.7 Å². The van der Waals surface area contributed by atoms with Crippen LogP contribution in [0.2, 0.25) is 0 Å². The molecule has 1 N–H and O–H groups in total. The lowest BCUT2D eigenvalue weighted by atomic mass is 9.95. The van der Waals surface area contributed by atoms with Gasteiger partial charge >= 0.3 is 0 Å². The SMILES string of the molecule is CCC1C(=O)NC(C)(C)C(=O)N1CCCC1CCCO1. The Morgan fingerprint density at radius 2 is 2.15 bits per heavy atom. The van der Waals surface area contributed by atoms with Gasteiger partial charge < -0.3 is 15.0 Å². The average Bonchev–Trinajstić information content (AvgIpc) is 2.88. The van der Waals surface area contributed by atoms with Crippen molar-refractivity contribution in [1.82, 2.24) is 10.2 Å². The molecule has 2 amide bonds. The predicted octanol–water partition coefficient (Wildman–Crippen LogP) is 1.46. The molecular formula is C15H26N2O3. The maximum absolute atomic E-state index is 12.5. The van der Waals surface area contributed by atoms with Gasteiger partial charge in [0.05, 0.1) is 6.10 Å². The van der Waals surface area contributed by atoms with Crippen LogP contribution >= 0.6 is 0 Å². The van der Waals surface area contributed by atoms with Crippen LogP contribution in [-0.4, -0.2) is 47.6 Å². The van der Waals surface area contributed by atoms with E-state index in [0.29, 0.717) is 19.1 Å². The van der Waals surface area contributed by atoms with Crippen LogP contribution in [0.1, 0.15) is 52.9 Å². The molecular weight excluding hydrogens is 256 g/mol. The molecule has 0 saturated carbocycles. The predicted molar refractivity (Wildman–Crippen MR) is 76.2 cm³/mol. The lowest BCUT2D eigenvalue weighted by molar-refractivity contribution is -0.153. The molecule has 114 valence electrons. The molecule has 2 unspecified atom stereocenters. The Bertz CT molecular complexity index is 375. The summed E-state index contributed by atoms with van der Waals surface area (Å²) in [5, 5.41) is 2.81. The summed E-state index contributed by atoms with van der Waals surface area (Å²) in [7, 11) is 0. The molecule has 2 saturated heterocycles. The Hall–Kier alpha value is -1.10. The van der Waals surface area contributed by atoms with E-state index in [1.165, 1.54) is 0 Å². The summed E-state index contributed by atoms with van der Waals surface area (Å²) in [6, 6.07) is -0.319. The standard InChI is InChI=1S/C15H26N2O3/c1-4-12-13(18)16-15(2,3)14(19)17(12)9-5-7-11-8-6-10-20-11/h11-12H,4-10H2,1-3H3,(H,16,18). The maximum Gasteiger partial charge on any atom is 0.248 e. The van der Waals surface area contributed by atoms with Crippen LogP contribution in [0.3, 0.4) is 0 Å². The van der Waals surface area contributed by atoms with Crippen molar-refractivity contribution in [2.24, 2.45) is 0 Å². The molecule has 0 spiro atoms. The molecule has 5 nitrogen and oxygen atoms in total. The molecule has 0 aromatic carbocycles. The van der Waals surface area contributed by atoms with E-state index in [-0.39, 0.29) is 17.9 Å². The molecule has 0 aromatic rings. The third kappa shape index (κ3) is 3.14. The fraction of sp³-hybridized carbons (Fsp3) is 0.867. The molecule has 5 heteroatoms. The van der Waals surface area contributed by atoms with Crippen molar-refractivity contribution in [2.75, 3.05) is 13.2 Å². The minimum absolute atomic E-state index is 0.0243. The third-order valence-corrected chi connectivity index (χ3v) is 4.25. The molecule has 2 atom stereocenters. The third-order valence-electron chi connectivity index (χ3n) is 4.25. The van der Waals surface area contributed by atoms with Crippen LogP contribution in [0.15, 0.2) is 0 Å². The monoisotopic (exact) mass is 282 g/mol. The van der Waals surface area contributed by atoms with E-state index in [9.17, 15) is 9.59 Å². The van der Waals surface area contributed by atoms with Gasteiger partial charge in [0, 0.05) is 13.2 Å². The van der Waals surface area contributed by atoms with Crippen molar-refractivity contribution < 1.29 is 14.3 Å². The highest BCUT2D eigenvalue weighted by Gasteiger charge is 2.44. The summed E-state index contributed by atoms with van der Waals surface area (Å²) in [6.45, 7) is 7.00. The van der Waals surface area contributed by atoms with Gasteiger partial charge in [0.15, 0.2) is 0 Å². The molecule has 0 bridgehead atoms. The van der Waals surface area contributed by atoms with E-state index < -0.39 is 5.54 Å². The fourth-order valence-electron chi connectivity index (χ4n) is 3.11. The van der Waals surface area contributed by atoms with E-state index in [0.717, 1.165) is 32.3 Å². The highest BCUT2D eigenvalue weighted by atomic mass is 16.5. The fourth-order valence-corrected chi connectivity index (χ4v) is 3.11. The number of nitrogens with one attached hydrogen (secondary N) is 1. The highest BCUT2D eigenvalue weighted by molar-refractivity contribution is 5.99. The molecule has 0 aromatic heterocycles. The summed E-state index contributed by atoms with van der Waals surface area (Å²) in [6.07, 6.45) is 5.14. The zero-order valence-corrected chi connectivity index (χ0v) is 12.8. The van der Waals surface area contributed by atoms with Crippen LogP contribution in [0, 0.1) is 0 Å². The Kier molecular flexibility index (Phi) is 4.68. The van der Waals surface area contributed by atoms with Crippen LogP contribution < -0.4 is 5.32 Å². The zero-order valence-electron chi connectivity index (χ0n) is 12.8. The number of hydrogen-bond donors (Lipinski definition) is 1. The second-order valence-corrected chi connectivity index (χ2v) is 6.31. The molecule has 20 heavy (non-hydrogen) atoms. The first-order chi connectivity index (χ1) is 9.45. The van der Waals surface area contributed by atoms with Crippen molar-refractivity contribution in [2.45, 2.75) is 70.6 Å². The Balaban J connectivity index is 1.94. The average molecular weight is 282 g/mol. The first-order valence-electron chi connectivity index (χ1n) is 7.70. The van der Waals surface area contributed by atoms with Gasteiger partial charge in [0.2, 0.25) is 11.8 Å². The van der Waals surface area contributed by atoms with Gasteiger partial charge in [-0.3, -0.25) is 9.59 Å². The maximum atomic E-state index is 12.5. The van der Waals surface area contributed by atoms with Gasteiger partial charge in [-0.2, -0.15) is 0 Å². The van der Waals surface area contributed by atoms with Gasteiger partial charge in [-0.1, -0.05) is 6.92 Å². The van der Waals surface area contributed by atoms with Crippen LogP contribution in [0.5, 0.6) is 0 Å². The molecule has 0 aliphatic carbocycles. The van der Waals surface area contributed by atoms with E-state index >= 15 is 0 Å². The first kappa shape index (κ1) is 15.3. The Morgan fingerprint density at radius 1 is 1.40 bits per heavy atom. The minimum atomic E-state index is -0.785. The summed E-state index contributed by atoms with van der Waals surface area (Å²) in [4.78, 5) is 26.3. The summed E-state index contributed by atoms with van der Waals surface area (Å²) < 4.78 is 5.60. The smallest absolute Gasteiger partial charge is 0.248 e. The molecule has 2 aliphatic rings. The van der Waals surface area contributed by atoms with Crippen molar-refractivity contribution in [3.63, 3.8) is 0 Å². The molecule has 2 aliphatic heterocycles. The van der Waals surface area contributed by atoms with Gasteiger partial charge in [-0.15, -0.1) is 0 Å². The lowest BCUT2D eigenvalue weighted by Gasteiger charge is -2.42. The van der Waals surface area contributed by atoms with E-state index in [1.807, 2.05) is 6.92 Å².